The Morgan fingerprint density at radius 3 is 3.13 bits per heavy atom. The van der Waals surface area contributed by atoms with E-state index in [0.717, 1.165) is 16.6 Å². The first-order valence-corrected chi connectivity index (χ1v) is 5.96. The molecule has 2 N–H and O–H groups in total. The van der Waals surface area contributed by atoms with Crippen molar-refractivity contribution in [2.75, 3.05) is 0 Å². The van der Waals surface area contributed by atoms with E-state index >= 15 is 0 Å². The molecule has 2 rings (SSSR count). The zero-order valence-electron chi connectivity index (χ0n) is 8.33. The number of nitrogens with one attached hydrogen (secondary N) is 2. The Balaban J connectivity index is 1.90. The van der Waals surface area contributed by atoms with Gasteiger partial charge in [0, 0.05) is 24.5 Å². The molecule has 0 radical (unpaired) electrons. The van der Waals surface area contributed by atoms with E-state index in [9.17, 15) is 0 Å². The maximum atomic E-state index is 5.88. The van der Waals surface area contributed by atoms with Gasteiger partial charge in [-0.25, -0.2) is 4.98 Å². The second-order valence-corrected chi connectivity index (χ2v) is 4.91. The largest absolute Gasteiger partial charge is 0.347 e. The maximum Gasteiger partial charge on any atom is 0.0931 e. The van der Waals surface area contributed by atoms with Crippen LogP contribution in [0.1, 0.15) is 24.2 Å². The van der Waals surface area contributed by atoms with Gasteiger partial charge < -0.3 is 10.3 Å². The number of aromatic nitrogens is 2. The van der Waals surface area contributed by atoms with E-state index in [1.807, 2.05) is 12.3 Å². The third-order valence-corrected chi connectivity index (χ3v) is 3.35. The summed E-state index contributed by atoms with van der Waals surface area (Å²) < 4.78 is 0.834. The van der Waals surface area contributed by atoms with E-state index < -0.39 is 0 Å². The first-order valence-electron chi connectivity index (χ1n) is 4.70. The van der Waals surface area contributed by atoms with Crippen molar-refractivity contribution in [3.8, 4) is 0 Å². The van der Waals surface area contributed by atoms with Crippen LogP contribution in [0.5, 0.6) is 0 Å². The molecule has 3 nitrogen and oxygen atoms in total. The highest BCUT2D eigenvalue weighted by Crippen LogP contribution is 2.24. The standard InChI is InChI=1S/C10H12ClN3S/c1-7(8-2-10(11)15-5-8)13-4-9-3-12-6-14-9/h2-3,5-7,13H,4H2,1H3,(H,12,14). The number of imidazole rings is 1. The second kappa shape index (κ2) is 4.79. The lowest BCUT2D eigenvalue weighted by molar-refractivity contribution is 0.570. The van der Waals surface area contributed by atoms with Crippen molar-refractivity contribution >= 4 is 22.9 Å². The lowest BCUT2D eigenvalue weighted by atomic mass is 10.2. The van der Waals surface area contributed by atoms with E-state index in [-0.39, 0.29) is 0 Å². The van der Waals surface area contributed by atoms with Crippen LogP contribution >= 0.6 is 22.9 Å². The van der Waals surface area contributed by atoms with Gasteiger partial charge in [-0.15, -0.1) is 11.3 Å². The fourth-order valence-corrected chi connectivity index (χ4v) is 2.30. The van der Waals surface area contributed by atoms with Crippen molar-refractivity contribution in [2.24, 2.45) is 0 Å². The quantitative estimate of drug-likeness (QED) is 0.864. The van der Waals surface area contributed by atoms with Gasteiger partial charge in [0.1, 0.15) is 0 Å². The van der Waals surface area contributed by atoms with Gasteiger partial charge in [-0.1, -0.05) is 11.6 Å². The topological polar surface area (TPSA) is 40.7 Å². The monoisotopic (exact) mass is 241 g/mol. The van der Waals surface area contributed by atoms with Gasteiger partial charge in [-0.2, -0.15) is 0 Å². The molecule has 0 saturated heterocycles. The summed E-state index contributed by atoms with van der Waals surface area (Å²) in [5.41, 5.74) is 2.31. The average molecular weight is 242 g/mol. The van der Waals surface area contributed by atoms with Crippen LogP contribution < -0.4 is 5.32 Å². The second-order valence-electron chi connectivity index (χ2n) is 3.36. The minimum Gasteiger partial charge on any atom is -0.347 e. The van der Waals surface area contributed by atoms with Crippen LogP contribution in [-0.2, 0) is 6.54 Å². The zero-order valence-corrected chi connectivity index (χ0v) is 9.90. The number of halogens is 1. The average Bonchev–Trinajstić information content (AvgIpc) is 2.84. The number of aromatic amines is 1. The molecule has 0 bridgehead atoms. The normalized spacial score (nSPS) is 12.9. The molecule has 15 heavy (non-hydrogen) atoms. The van der Waals surface area contributed by atoms with Gasteiger partial charge in [-0.3, -0.25) is 0 Å². The molecule has 0 saturated carbocycles. The molecule has 0 aliphatic heterocycles. The molecule has 2 aromatic heterocycles. The highest BCUT2D eigenvalue weighted by molar-refractivity contribution is 7.14. The van der Waals surface area contributed by atoms with Crippen LogP contribution in [-0.4, -0.2) is 9.97 Å². The van der Waals surface area contributed by atoms with Gasteiger partial charge in [0.2, 0.25) is 0 Å². The van der Waals surface area contributed by atoms with Crippen LogP contribution in [0.15, 0.2) is 24.0 Å². The minimum atomic E-state index is 0.303. The molecule has 0 aliphatic carbocycles. The van der Waals surface area contributed by atoms with Crippen LogP contribution in [0.3, 0.4) is 0 Å². The molecular weight excluding hydrogens is 230 g/mol. The summed E-state index contributed by atoms with van der Waals surface area (Å²) in [6.07, 6.45) is 3.50. The molecule has 5 heteroatoms. The first-order chi connectivity index (χ1) is 7.25. The predicted octanol–water partition coefficient (Wildman–Crippen LogP) is 2.98. The Morgan fingerprint density at radius 1 is 1.67 bits per heavy atom. The summed E-state index contributed by atoms with van der Waals surface area (Å²) >= 11 is 7.44. The van der Waals surface area contributed by atoms with Crippen molar-refractivity contribution < 1.29 is 0 Å². The SMILES string of the molecule is CC(NCc1cnc[nH]1)c1csc(Cl)c1. The van der Waals surface area contributed by atoms with E-state index in [2.05, 4.69) is 27.6 Å². The van der Waals surface area contributed by atoms with E-state index in [1.165, 1.54) is 5.56 Å². The maximum absolute atomic E-state index is 5.88. The number of hydrogen-bond donors (Lipinski definition) is 2. The van der Waals surface area contributed by atoms with Crippen molar-refractivity contribution in [1.82, 2.24) is 15.3 Å². The van der Waals surface area contributed by atoms with Crippen molar-refractivity contribution in [2.45, 2.75) is 19.5 Å². The van der Waals surface area contributed by atoms with Crippen LogP contribution in [0.4, 0.5) is 0 Å². The molecule has 2 heterocycles. The summed E-state index contributed by atoms with van der Waals surface area (Å²) in [6, 6.07) is 2.30. The summed E-state index contributed by atoms with van der Waals surface area (Å²) in [5.74, 6) is 0. The van der Waals surface area contributed by atoms with E-state index in [1.54, 1.807) is 17.7 Å². The van der Waals surface area contributed by atoms with Gasteiger partial charge >= 0.3 is 0 Å². The number of hydrogen-bond acceptors (Lipinski definition) is 3. The molecule has 0 aliphatic rings. The molecule has 2 aromatic rings. The fraction of sp³-hybridized carbons (Fsp3) is 0.300. The number of thiophene rings is 1. The first kappa shape index (κ1) is 10.7. The highest BCUT2D eigenvalue weighted by Gasteiger charge is 2.07. The third-order valence-electron chi connectivity index (χ3n) is 2.24. The Hall–Kier alpha value is -0.840. The molecule has 0 spiro atoms. The smallest absolute Gasteiger partial charge is 0.0931 e. The zero-order chi connectivity index (χ0) is 10.7. The minimum absolute atomic E-state index is 0.303. The summed E-state index contributed by atoms with van der Waals surface area (Å²) in [7, 11) is 0. The third kappa shape index (κ3) is 2.81. The van der Waals surface area contributed by atoms with Gasteiger partial charge in [0.25, 0.3) is 0 Å². The molecule has 0 aromatic carbocycles. The van der Waals surface area contributed by atoms with Gasteiger partial charge in [-0.05, 0) is 23.9 Å². The van der Waals surface area contributed by atoms with Gasteiger partial charge in [0.05, 0.1) is 10.7 Å². The Bertz CT molecular complexity index is 410. The summed E-state index contributed by atoms with van der Waals surface area (Å²) in [5, 5.41) is 5.47. The lowest BCUT2D eigenvalue weighted by Crippen LogP contribution is -2.17. The molecule has 1 unspecified atom stereocenters. The molecular formula is C10H12ClN3S. The van der Waals surface area contributed by atoms with Crippen molar-refractivity contribution in [1.29, 1.82) is 0 Å². The predicted molar refractivity (Wildman–Crippen MR) is 63.2 cm³/mol. The van der Waals surface area contributed by atoms with Crippen LogP contribution in [0.25, 0.3) is 0 Å². The number of rotatable bonds is 4. The number of nitrogens with zero attached hydrogens (tertiary/aromatic N) is 1. The summed E-state index contributed by atoms with van der Waals surface area (Å²) in [6.45, 7) is 2.91. The summed E-state index contributed by atoms with van der Waals surface area (Å²) in [4.78, 5) is 7.01. The Labute approximate surface area is 97.5 Å². The fourth-order valence-electron chi connectivity index (χ4n) is 1.31. The van der Waals surface area contributed by atoms with Crippen LogP contribution in [0.2, 0.25) is 4.34 Å². The van der Waals surface area contributed by atoms with Crippen LogP contribution in [0, 0.1) is 0 Å². The van der Waals surface area contributed by atoms with Crippen molar-refractivity contribution in [3.63, 3.8) is 0 Å². The van der Waals surface area contributed by atoms with E-state index in [0.29, 0.717) is 6.04 Å². The Morgan fingerprint density at radius 2 is 2.53 bits per heavy atom. The molecule has 80 valence electrons. The van der Waals surface area contributed by atoms with E-state index in [4.69, 9.17) is 11.6 Å². The number of H-pyrrole nitrogens is 1. The lowest BCUT2D eigenvalue weighted by Gasteiger charge is -2.10. The Kier molecular flexibility index (Phi) is 3.41. The molecule has 0 fully saturated rings. The van der Waals surface area contributed by atoms with Crippen molar-refractivity contribution in [3.05, 3.63) is 39.6 Å². The molecule has 1 atom stereocenters. The molecule has 0 amide bonds. The van der Waals surface area contributed by atoms with Gasteiger partial charge in [0.15, 0.2) is 0 Å². The highest BCUT2D eigenvalue weighted by atomic mass is 35.5.